The van der Waals surface area contributed by atoms with Gasteiger partial charge in [-0.2, -0.15) is 5.10 Å². The molecule has 3 aromatic heterocycles. The summed E-state index contributed by atoms with van der Waals surface area (Å²) in [6.07, 6.45) is 6.71. The van der Waals surface area contributed by atoms with Crippen LogP contribution in [0.5, 0.6) is 5.88 Å². The Balaban J connectivity index is 1.20. The van der Waals surface area contributed by atoms with Gasteiger partial charge < -0.3 is 15.4 Å². The molecule has 4 aliphatic carbocycles. The molecule has 0 aliphatic heterocycles. The minimum absolute atomic E-state index is 0.147. The molecule has 2 unspecified atom stereocenters. The van der Waals surface area contributed by atoms with Gasteiger partial charge in [0.25, 0.3) is 5.91 Å². The maximum atomic E-state index is 13.3. The molecule has 3 heterocycles. The van der Waals surface area contributed by atoms with E-state index in [2.05, 4.69) is 20.7 Å². The molecule has 4 fully saturated rings. The van der Waals surface area contributed by atoms with Gasteiger partial charge in [0.1, 0.15) is 0 Å². The Morgan fingerprint density at radius 3 is 2.53 bits per heavy atom. The number of nitrogens with zero attached hydrogens (tertiary/aromatic N) is 3. The molecule has 2 atom stereocenters. The highest BCUT2D eigenvalue weighted by Gasteiger charge is 2.59. The van der Waals surface area contributed by atoms with Gasteiger partial charge in [-0.05, 0) is 73.9 Å². The SMILES string of the molecule is Cn1nc(C(=O)NC23CC4CC(CC(NC(=O)Oc5ccccn5)(C4)C2)C3)cc1-c1cccs1. The molecule has 0 saturated heterocycles. The van der Waals surface area contributed by atoms with E-state index < -0.39 is 6.09 Å². The molecule has 2 N–H and O–H groups in total. The topological polar surface area (TPSA) is 98.1 Å². The molecule has 0 radical (unpaired) electrons. The van der Waals surface area contributed by atoms with Crippen molar-refractivity contribution in [3.05, 3.63) is 53.7 Å². The fourth-order valence-corrected chi connectivity index (χ4v) is 7.61. The maximum Gasteiger partial charge on any atom is 0.414 e. The van der Waals surface area contributed by atoms with E-state index in [0.717, 1.165) is 42.7 Å². The van der Waals surface area contributed by atoms with Crippen LogP contribution in [0.15, 0.2) is 48.0 Å². The van der Waals surface area contributed by atoms with Crippen molar-refractivity contribution in [2.45, 2.75) is 49.6 Å². The Bertz CT molecular complexity index is 1210. The molecular weight excluding hydrogens is 450 g/mol. The van der Waals surface area contributed by atoms with Crippen molar-refractivity contribution in [1.82, 2.24) is 25.4 Å². The summed E-state index contributed by atoms with van der Waals surface area (Å²) in [5, 5.41) is 13.0. The lowest BCUT2D eigenvalue weighted by atomic mass is 9.50. The first-order valence-corrected chi connectivity index (χ1v) is 12.6. The second-order valence-corrected chi connectivity index (χ2v) is 11.1. The van der Waals surface area contributed by atoms with E-state index in [-0.39, 0.29) is 22.9 Å². The van der Waals surface area contributed by atoms with Gasteiger partial charge in [-0.15, -0.1) is 11.3 Å². The van der Waals surface area contributed by atoms with Crippen LogP contribution in [-0.2, 0) is 7.05 Å². The van der Waals surface area contributed by atoms with E-state index in [1.165, 1.54) is 0 Å². The number of amides is 2. The van der Waals surface area contributed by atoms with Crippen molar-refractivity contribution < 1.29 is 14.3 Å². The van der Waals surface area contributed by atoms with Crippen molar-refractivity contribution in [2.24, 2.45) is 18.9 Å². The fraction of sp³-hybridized carbons (Fsp3) is 0.440. The van der Waals surface area contributed by atoms with Crippen LogP contribution in [0.4, 0.5) is 4.79 Å². The number of aromatic nitrogens is 3. The predicted octanol–water partition coefficient (Wildman–Crippen LogP) is 4.15. The minimum atomic E-state index is -0.479. The number of ether oxygens (including phenoxy) is 1. The predicted molar refractivity (Wildman–Crippen MR) is 128 cm³/mol. The van der Waals surface area contributed by atoms with Gasteiger partial charge in [0.05, 0.1) is 10.6 Å². The van der Waals surface area contributed by atoms with Crippen LogP contribution >= 0.6 is 11.3 Å². The molecule has 4 bridgehead atoms. The standard InChI is InChI=1S/C25H27N5O3S/c1-30-19(20-5-4-8-34-20)10-18(29-30)22(31)27-24-11-16-9-17(12-24)14-25(13-16,15-24)28-23(32)33-21-6-2-3-7-26-21/h2-8,10,16-17H,9,11-15H2,1H3,(H,27,31)(H,28,32). The summed E-state index contributed by atoms with van der Waals surface area (Å²) in [5.41, 5.74) is 0.662. The maximum absolute atomic E-state index is 13.3. The quantitative estimate of drug-likeness (QED) is 0.575. The number of pyridine rings is 1. The highest BCUT2D eigenvalue weighted by molar-refractivity contribution is 7.13. The molecule has 176 valence electrons. The van der Waals surface area contributed by atoms with Gasteiger partial charge in [0.15, 0.2) is 5.69 Å². The zero-order valence-electron chi connectivity index (χ0n) is 19.0. The molecule has 4 saturated carbocycles. The summed E-state index contributed by atoms with van der Waals surface area (Å²) in [6.45, 7) is 0. The van der Waals surface area contributed by atoms with Gasteiger partial charge >= 0.3 is 6.09 Å². The smallest absolute Gasteiger partial charge is 0.391 e. The van der Waals surface area contributed by atoms with Crippen molar-refractivity contribution >= 4 is 23.3 Å². The third-order valence-corrected chi connectivity index (χ3v) is 8.42. The van der Waals surface area contributed by atoms with Crippen LogP contribution in [0.2, 0.25) is 0 Å². The number of hydrogen-bond acceptors (Lipinski definition) is 6. The molecule has 4 aliphatic rings. The van der Waals surface area contributed by atoms with Gasteiger partial charge in [0, 0.05) is 30.4 Å². The monoisotopic (exact) mass is 477 g/mol. The molecule has 9 heteroatoms. The third-order valence-electron chi connectivity index (χ3n) is 7.53. The summed E-state index contributed by atoms with van der Waals surface area (Å²) in [4.78, 5) is 31.2. The van der Waals surface area contributed by atoms with Crippen LogP contribution in [0.25, 0.3) is 10.6 Å². The number of rotatable bonds is 5. The number of carbonyl (C=O) groups excluding carboxylic acids is 2. The fourth-order valence-electron chi connectivity index (χ4n) is 6.84. The first-order valence-electron chi connectivity index (χ1n) is 11.7. The lowest BCUT2D eigenvalue weighted by molar-refractivity contribution is -0.0450. The van der Waals surface area contributed by atoms with Crippen molar-refractivity contribution in [3.8, 4) is 16.5 Å². The van der Waals surface area contributed by atoms with E-state index in [1.807, 2.05) is 30.6 Å². The molecule has 2 amide bonds. The zero-order chi connectivity index (χ0) is 23.3. The Kier molecular flexibility index (Phi) is 4.98. The minimum Gasteiger partial charge on any atom is -0.391 e. The Hall–Kier alpha value is -3.20. The van der Waals surface area contributed by atoms with Crippen LogP contribution in [0.3, 0.4) is 0 Å². The normalized spacial score (nSPS) is 29.1. The molecule has 34 heavy (non-hydrogen) atoms. The summed E-state index contributed by atoms with van der Waals surface area (Å²) in [7, 11) is 1.86. The highest BCUT2D eigenvalue weighted by Crippen LogP contribution is 2.57. The summed E-state index contributed by atoms with van der Waals surface area (Å²) >= 11 is 1.63. The highest BCUT2D eigenvalue weighted by atomic mass is 32.1. The van der Waals surface area contributed by atoms with Crippen molar-refractivity contribution in [2.75, 3.05) is 0 Å². The van der Waals surface area contributed by atoms with E-state index in [1.54, 1.807) is 40.4 Å². The molecule has 7 rings (SSSR count). The summed E-state index contributed by atoms with van der Waals surface area (Å²) in [6, 6.07) is 11.1. The van der Waals surface area contributed by atoms with Gasteiger partial charge in [0.2, 0.25) is 5.88 Å². The molecule has 0 aromatic carbocycles. The average molecular weight is 478 g/mol. The Morgan fingerprint density at radius 2 is 1.85 bits per heavy atom. The van der Waals surface area contributed by atoms with E-state index >= 15 is 0 Å². The van der Waals surface area contributed by atoms with Crippen LogP contribution < -0.4 is 15.4 Å². The number of aryl methyl sites for hydroxylation is 1. The van der Waals surface area contributed by atoms with Crippen molar-refractivity contribution in [3.63, 3.8) is 0 Å². The Labute approximate surface area is 201 Å². The lowest BCUT2D eigenvalue weighted by Crippen LogP contribution is -2.70. The first kappa shape index (κ1) is 21.3. The van der Waals surface area contributed by atoms with Gasteiger partial charge in [-0.3, -0.25) is 9.48 Å². The van der Waals surface area contributed by atoms with Gasteiger partial charge in [-0.25, -0.2) is 9.78 Å². The largest absolute Gasteiger partial charge is 0.414 e. The average Bonchev–Trinajstić information content (AvgIpc) is 3.42. The number of nitrogens with one attached hydrogen (secondary N) is 2. The van der Waals surface area contributed by atoms with Gasteiger partial charge in [-0.1, -0.05) is 12.1 Å². The molecule has 0 spiro atoms. The molecule has 8 nitrogen and oxygen atoms in total. The first-order chi connectivity index (χ1) is 16.4. The summed E-state index contributed by atoms with van der Waals surface area (Å²) < 4.78 is 7.19. The summed E-state index contributed by atoms with van der Waals surface area (Å²) in [5.74, 6) is 1.08. The lowest BCUT2D eigenvalue weighted by Gasteiger charge is -2.61. The second kappa shape index (κ2) is 7.94. The second-order valence-electron chi connectivity index (χ2n) is 10.2. The van der Waals surface area contributed by atoms with Crippen LogP contribution in [0.1, 0.15) is 49.0 Å². The number of hydrogen-bond donors (Lipinski definition) is 2. The number of thiophene rings is 1. The van der Waals surface area contributed by atoms with Crippen molar-refractivity contribution in [1.29, 1.82) is 0 Å². The van der Waals surface area contributed by atoms with E-state index in [9.17, 15) is 9.59 Å². The van der Waals surface area contributed by atoms with E-state index in [4.69, 9.17) is 4.74 Å². The number of carbonyl (C=O) groups is 2. The zero-order valence-corrected chi connectivity index (χ0v) is 19.8. The molecular formula is C25H27N5O3S. The van der Waals surface area contributed by atoms with Crippen LogP contribution in [-0.4, -0.2) is 37.8 Å². The van der Waals surface area contributed by atoms with Crippen LogP contribution in [0, 0.1) is 11.8 Å². The molecule has 3 aromatic rings. The van der Waals surface area contributed by atoms with E-state index in [0.29, 0.717) is 24.0 Å². The Morgan fingerprint density at radius 1 is 1.09 bits per heavy atom. The third kappa shape index (κ3) is 3.87.